The Hall–Kier alpha value is -2.32. The van der Waals surface area contributed by atoms with Gasteiger partial charge in [-0.2, -0.15) is 5.26 Å². The third-order valence-corrected chi connectivity index (χ3v) is 2.10. The van der Waals surface area contributed by atoms with Crippen LogP contribution in [0.25, 0.3) is 0 Å². The predicted octanol–water partition coefficient (Wildman–Crippen LogP) is 1.47. The summed E-state index contributed by atoms with van der Waals surface area (Å²) in [5.41, 5.74) is 0.354. The molecule has 1 amide bonds. The monoisotopic (exact) mass is 246 g/mol. The van der Waals surface area contributed by atoms with Crippen molar-refractivity contribution < 1.29 is 14.6 Å². The van der Waals surface area contributed by atoms with Crippen molar-refractivity contribution in [3.63, 3.8) is 0 Å². The lowest BCUT2D eigenvalue weighted by molar-refractivity contribution is -0.112. The number of para-hydroxylation sites is 2. The van der Waals surface area contributed by atoms with Gasteiger partial charge in [0.1, 0.15) is 17.4 Å². The van der Waals surface area contributed by atoms with E-state index in [2.05, 4.69) is 5.32 Å². The number of nitrogens with zero attached hydrogens (tertiary/aromatic N) is 1. The van der Waals surface area contributed by atoms with E-state index in [1.807, 2.05) is 6.92 Å². The molecule has 94 valence electrons. The molecule has 1 rings (SSSR count). The molecule has 0 aliphatic carbocycles. The van der Waals surface area contributed by atoms with E-state index < -0.39 is 5.91 Å². The molecule has 0 aromatic heterocycles. The molecule has 0 bridgehead atoms. The van der Waals surface area contributed by atoms with Gasteiger partial charge in [-0.3, -0.25) is 4.79 Å². The Bertz CT molecular complexity index is 489. The van der Waals surface area contributed by atoms with Crippen molar-refractivity contribution in [2.45, 2.75) is 6.92 Å². The molecular weight excluding hydrogens is 232 g/mol. The molecule has 18 heavy (non-hydrogen) atoms. The minimum absolute atomic E-state index is 0.135. The Morgan fingerprint density at radius 2 is 2.28 bits per heavy atom. The fourth-order valence-electron chi connectivity index (χ4n) is 1.32. The predicted molar refractivity (Wildman–Crippen MR) is 67.0 cm³/mol. The van der Waals surface area contributed by atoms with Gasteiger partial charge in [-0.15, -0.1) is 0 Å². The molecule has 5 heteroatoms. The number of nitriles is 1. The number of benzene rings is 1. The molecule has 1 aromatic rings. The highest BCUT2D eigenvalue weighted by Crippen LogP contribution is 2.23. The molecule has 0 fully saturated rings. The summed E-state index contributed by atoms with van der Waals surface area (Å²) in [6, 6.07) is 8.66. The average molecular weight is 246 g/mol. The van der Waals surface area contributed by atoms with Gasteiger partial charge in [-0.05, 0) is 25.1 Å². The zero-order valence-electron chi connectivity index (χ0n) is 10.0. The topological polar surface area (TPSA) is 82.3 Å². The van der Waals surface area contributed by atoms with E-state index >= 15 is 0 Å². The molecule has 2 N–H and O–H groups in total. The largest absolute Gasteiger partial charge is 0.492 e. The number of hydrogen-bond acceptors (Lipinski definition) is 4. The van der Waals surface area contributed by atoms with Crippen LogP contribution in [0, 0.1) is 11.3 Å². The summed E-state index contributed by atoms with van der Waals surface area (Å²) >= 11 is 0. The summed E-state index contributed by atoms with van der Waals surface area (Å²) in [5.74, 6) is -0.0339. The van der Waals surface area contributed by atoms with E-state index in [0.29, 0.717) is 18.0 Å². The SMILES string of the molecule is CCOc1ccccc1NC(=O)C(C#N)=CCO. The van der Waals surface area contributed by atoms with Crippen LogP contribution in [0.1, 0.15) is 6.92 Å². The Morgan fingerprint density at radius 3 is 2.89 bits per heavy atom. The van der Waals surface area contributed by atoms with Gasteiger partial charge in [0.15, 0.2) is 0 Å². The van der Waals surface area contributed by atoms with E-state index in [1.165, 1.54) is 0 Å². The number of amides is 1. The number of aliphatic hydroxyl groups is 1. The normalized spacial score (nSPS) is 10.6. The average Bonchev–Trinajstić information content (AvgIpc) is 2.38. The van der Waals surface area contributed by atoms with Gasteiger partial charge in [0.05, 0.1) is 18.9 Å². The second-order valence-electron chi connectivity index (χ2n) is 3.30. The molecule has 0 saturated carbocycles. The summed E-state index contributed by atoms with van der Waals surface area (Å²) in [6.07, 6.45) is 1.15. The molecule has 0 aliphatic rings. The van der Waals surface area contributed by atoms with Gasteiger partial charge in [0.25, 0.3) is 5.91 Å². The standard InChI is InChI=1S/C13H14N2O3/c1-2-18-12-6-4-3-5-11(12)15-13(17)10(9-14)7-8-16/h3-7,16H,2,8H2,1H3,(H,15,17). The molecule has 0 spiro atoms. The summed E-state index contributed by atoms with van der Waals surface area (Å²) < 4.78 is 5.34. The fourth-order valence-corrected chi connectivity index (χ4v) is 1.32. The molecule has 0 radical (unpaired) electrons. The van der Waals surface area contributed by atoms with Crippen molar-refractivity contribution in [2.24, 2.45) is 0 Å². The highest BCUT2D eigenvalue weighted by Gasteiger charge is 2.11. The van der Waals surface area contributed by atoms with Crippen molar-refractivity contribution in [2.75, 3.05) is 18.5 Å². The van der Waals surface area contributed by atoms with Crippen LogP contribution >= 0.6 is 0 Å². The highest BCUT2D eigenvalue weighted by atomic mass is 16.5. The molecule has 0 unspecified atom stereocenters. The number of carbonyl (C=O) groups is 1. The van der Waals surface area contributed by atoms with Crippen LogP contribution in [0.4, 0.5) is 5.69 Å². The van der Waals surface area contributed by atoms with Crippen LogP contribution in [-0.2, 0) is 4.79 Å². The first-order valence-corrected chi connectivity index (χ1v) is 5.47. The maximum atomic E-state index is 11.7. The molecule has 1 aromatic carbocycles. The van der Waals surface area contributed by atoms with Gasteiger partial charge >= 0.3 is 0 Å². The first-order chi connectivity index (χ1) is 8.72. The van der Waals surface area contributed by atoms with Gasteiger partial charge < -0.3 is 15.2 Å². The van der Waals surface area contributed by atoms with Crippen molar-refractivity contribution in [1.82, 2.24) is 0 Å². The lowest BCUT2D eigenvalue weighted by atomic mass is 10.2. The fraction of sp³-hybridized carbons (Fsp3) is 0.231. The minimum atomic E-state index is -0.571. The molecule has 0 heterocycles. The van der Waals surface area contributed by atoms with Gasteiger partial charge in [0.2, 0.25) is 0 Å². The zero-order valence-corrected chi connectivity index (χ0v) is 10.0. The smallest absolute Gasteiger partial charge is 0.266 e. The van der Waals surface area contributed by atoms with Crippen LogP contribution in [0.15, 0.2) is 35.9 Å². The quantitative estimate of drug-likeness (QED) is 0.608. The van der Waals surface area contributed by atoms with Gasteiger partial charge in [0, 0.05) is 0 Å². The Balaban J connectivity index is 2.88. The maximum absolute atomic E-state index is 11.7. The van der Waals surface area contributed by atoms with E-state index in [4.69, 9.17) is 15.1 Å². The summed E-state index contributed by atoms with van der Waals surface area (Å²) in [7, 11) is 0. The lowest BCUT2D eigenvalue weighted by Gasteiger charge is -2.10. The van der Waals surface area contributed by atoms with E-state index in [0.717, 1.165) is 6.08 Å². The van der Waals surface area contributed by atoms with Crippen molar-refractivity contribution in [3.8, 4) is 11.8 Å². The first kappa shape index (κ1) is 13.7. The summed E-state index contributed by atoms with van der Waals surface area (Å²) in [5, 5.41) is 20.0. The van der Waals surface area contributed by atoms with Gasteiger partial charge in [-0.1, -0.05) is 12.1 Å². The minimum Gasteiger partial charge on any atom is -0.492 e. The van der Waals surface area contributed by atoms with Crippen molar-refractivity contribution >= 4 is 11.6 Å². The molecular formula is C13H14N2O3. The molecule has 0 saturated heterocycles. The number of carbonyl (C=O) groups excluding carboxylic acids is 1. The number of hydrogen-bond donors (Lipinski definition) is 2. The van der Waals surface area contributed by atoms with E-state index in [9.17, 15) is 4.79 Å². The maximum Gasteiger partial charge on any atom is 0.266 e. The van der Waals surface area contributed by atoms with Crippen LogP contribution in [0.5, 0.6) is 5.75 Å². The Morgan fingerprint density at radius 1 is 1.56 bits per heavy atom. The second kappa shape index (κ2) is 7.09. The highest BCUT2D eigenvalue weighted by molar-refractivity contribution is 6.07. The second-order valence-corrected chi connectivity index (χ2v) is 3.30. The summed E-state index contributed by atoms with van der Waals surface area (Å²) in [4.78, 5) is 11.7. The van der Waals surface area contributed by atoms with E-state index in [-0.39, 0.29) is 12.2 Å². The van der Waals surface area contributed by atoms with Crippen molar-refractivity contribution in [3.05, 3.63) is 35.9 Å². The van der Waals surface area contributed by atoms with Crippen LogP contribution in [-0.4, -0.2) is 24.2 Å². The van der Waals surface area contributed by atoms with Crippen LogP contribution in [0.2, 0.25) is 0 Å². The third-order valence-electron chi connectivity index (χ3n) is 2.10. The number of anilines is 1. The zero-order chi connectivity index (χ0) is 13.4. The number of rotatable bonds is 5. The van der Waals surface area contributed by atoms with Gasteiger partial charge in [-0.25, -0.2) is 0 Å². The molecule has 5 nitrogen and oxygen atoms in total. The van der Waals surface area contributed by atoms with Crippen LogP contribution in [0.3, 0.4) is 0 Å². The number of ether oxygens (including phenoxy) is 1. The summed E-state index contributed by atoms with van der Waals surface area (Å²) in [6.45, 7) is 1.96. The number of aliphatic hydroxyl groups excluding tert-OH is 1. The molecule has 0 aliphatic heterocycles. The Kier molecular flexibility index (Phi) is 5.42. The Labute approximate surface area is 105 Å². The van der Waals surface area contributed by atoms with Crippen molar-refractivity contribution in [1.29, 1.82) is 5.26 Å². The van der Waals surface area contributed by atoms with E-state index in [1.54, 1.807) is 30.3 Å². The molecule has 0 atom stereocenters. The number of nitrogens with one attached hydrogen (secondary N) is 1. The first-order valence-electron chi connectivity index (χ1n) is 5.47. The van der Waals surface area contributed by atoms with Crippen LogP contribution < -0.4 is 10.1 Å². The lowest BCUT2D eigenvalue weighted by Crippen LogP contribution is -2.14. The third kappa shape index (κ3) is 3.61.